The molecule has 0 aliphatic heterocycles. The normalized spacial score (nSPS) is 15.2. The fourth-order valence-electron chi connectivity index (χ4n) is 2.68. The van der Waals surface area contributed by atoms with E-state index in [2.05, 4.69) is 60.9 Å². The first kappa shape index (κ1) is 23.3. The minimum Gasteiger partial charge on any atom is -0.413 e. The molecule has 0 N–H and O–H groups in total. The molecule has 0 saturated carbocycles. The first-order chi connectivity index (χ1) is 11.0. The summed E-state index contributed by atoms with van der Waals surface area (Å²) in [6.45, 7) is 23.4. The fraction of sp³-hybridized carbons (Fsp3) is 0.762. The summed E-state index contributed by atoms with van der Waals surface area (Å²) < 4.78 is 6.73. The molecule has 140 valence electrons. The van der Waals surface area contributed by atoms with Crippen molar-refractivity contribution in [1.82, 2.24) is 0 Å². The van der Waals surface area contributed by atoms with Crippen molar-refractivity contribution in [3.05, 3.63) is 25.3 Å². The van der Waals surface area contributed by atoms with Crippen LogP contribution >= 0.6 is 0 Å². The lowest BCUT2D eigenvalue weighted by Gasteiger charge is -2.42. The average molecular weight is 353 g/mol. The SMILES string of the molecule is C=CCCC(=O)C[C@H](O[Si](C)(C)C(C)(C)C)[C@H](CCC=C)C(C)C. The minimum absolute atomic E-state index is 0.0168. The lowest BCUT2D eigenvalue weighted by Crippen LogP contribution is -2.47. The van der Waals surface area contributed by atoms with Crippen molar-refractivity contribution in [2.45, 2.75) is 91.0 Å². The fourth-order valence-corrected chi connectivity index (χ4v) is 4.05. The second-order valence-corrected chi connectivity index (χ2v) is 13.5. The van der Waals surface area contributed by atoms with E-state index in [0.29, 0.717) is 30.5 Å². The molecule has 0 aromatic rings. The molecule has 0 saturated heterocycles. The Morgan fingerprint density at radius 2 is 1.67 bits per heavy atom. The molecule has 0 fully saturated rings. The molecule has 0 heterocycles. The molecule has 0 aromatic carbocycles. The van der Waals surface area contributed by atoms with Crippen molar-refractivity contribution in [2.24, 2.45) is 11.8 Å². The maximum absolute atomic E-state index is 12.4. The third-order valence-corrected chi connectivity index (χ3v) is 9.85. The number of carbonyl (C=O) groups excluding carboxylic acids is 1. The second-order valence-electron chi connectivity index (χ2n) is 8.76. The van der Waals surface area contributed by atoms with Gasteiger partial charge in [0.15, 0.2) is 8.32 Å². The lowest BCUT2D eigenvalue weighted by atomic mass is 9.84. The number of Topliss-reactive ketones (excluding diaryl/α,β-unsaturated/α-hetero) is 1. The zero-order valence-corrected chi connectivity index (χ0v) is 18.2. The summed E-state index contributed by atoms with van der Waals surface area (Å²) in [7, 11) is -1.91. The van der Waals surface area contributed by atoms with Crippen LogP contribution in [0.1, 0.15) is 66.7 Å². The summed E-state index contributed by atoms with van der Waals surface area (Å²) in [4.78, 5) is 12.4. The average Bonchev–Trinajstić information content (AvgIpc) is 2.43. The smallest absolute Gasteiger partial charge is 0.192 e. The van der Waals surface area contributed by atoms with Crippen molar-refractivity contribution in [3.8, 4) is 0 Å². The third-order valence-electron chi connectivity index (χ3n) is 5.35. The Labute approximate surface area is 151 Å². The van der Waals surface area contributed by atoms with Crippen LogP contribution in [-0.2, 0) is 9.22 Å². The third kappa shape index (κ3) is 7.93. The first-order valence-corrected chi connectivity index (χ1v) is 12.3. The van der Waals surface area contributed by atoms with Gasteiger partial charge in [0.2, 0.25) is 0 Å². The van der Waals surface area contributed by atoms with Gasteiger partial charge in [-0.1, -0.05) is 46.8 Å². The second kappa shape index (κ2) is 10.3. The van der Waals surface area contributed by atoms with Crippen molar-refractivity contribution in [3.63, 3.8) is 0 Å². The summed E-state index contributed by atoms with van der Waals surface area (Å²) in [6.07, 6.45) is 7.68. The van der Waals surface area contributed by atoms with Crippen LogP contribution in [0.5, 0.6) is 0 Å². The van der Waals surface area contributed by atoms with Crippen molar-refractivity contribution in [1.29, 1.82) is 0 Å². The van der Waals surface area contributed by atoms with Gasteiger partial charge in [-0.15, -0.1) is 13.2 Å². The maximum Gasteiger partial charge on any atom is 0.192 e. The zero-order valence-electron chi connectivity index (χ0n) is 17.2. The minimum atomic E-state index is -1.91. The van der Waals surface area contributed by atoms with Gasteiger partial charge in [-0.05, 0) is 49.2 Å². The van der Waals surface area contributed by atoms with Crippen LogP contribution in [0.3, 0.4) is 0 Å². The van der Waals surface area contributed by atoms with Crippen LogP contribution in [0, 0.1) is 11.8 Å². The van der Waals surface area contributed by atoms with Crippen LogP contribution in [0.2, 0.25) is 18.1 Å². The molecule has 0 bridgehead atoms. The van der Waals surface area contributed by atoms with Gasteiger partial charge in [-0.2, -0.15) is 0 Å². The van der Waals surface area contributed by atoms with Gasteiger partial charge in [-0.25, -0.2) is 0 Å². The van der Waals surface area contributed by atoms with Gasteiger partial charge >= 0.3 is 0 Å². The van der Waals surface area contributed by atoms with Crippen LogP contribution in [0.15, 0.2) is 25.3 Å². The molecule has 0 rings (SSSR count). The summed E-state index contributed by atoms with van der Waals surface area (Å²) in [5, 5.41) is 0.148. The van der Waals surface area contributed by atoms with E-state index in [1.54, 1.807) is 0 Å². The highest BCUT2D eigenvalue weighted by atomic mass is 28.4. The van der Waals surface area contributed by atoms with Gasteiger partial charge in [0, 0.05) is 12.8 Å². The molecule has 24 heavy (non-hydrogen) atoms. The number of hydrogen-bond donors (Lipinski definition) is 0. The summed E-state index contributed by atoms with van der Waals surface area (Å²) in [6, 6.07) is 0. The number of allylic oxidation sites excluding steroid dienone is 2. The topological polar surface area (TPSA) is 26.3 Å². The lowest BCUT2D eigenvalue weighted by molar-refractivity contribution is -0.121. The Morgan fingerprint density at radius 1 is 1.12 bits per heavy atom. The molecule has 3 heteroatoms. The molecule has 0 aliphatic rings. The highest BCUT2D eigenvalue weighted by molar-refractivity contribution is 6.74. The maximum atomic E-state index is 12.4. The highest BCUT2D eigenvalue weighted by Gasteiger charge is 2.41. The van der Waals surface area contributed by atoms with Crippen molar-refractivity contribution in [2.75, 3.05) is 0 Å². The monoisotopic (exact) mass is 352 g/mol. The van der Waals surface area contributed by atoms with E-state index in [-0.39, 0.29) is 11.1 Å². The van der Waals surface area contributed by atoms with Gasteiger partial charge < -0.3 is 4.43 Å². The highest BCUT2D eigenvalue weighted by Crippen LogP contribution is 2.40. The zero-order chi connectivity index (χ0) is 19.0. The van der Waals surface area contributed by atoms with Gasteiger partial charge in [0.25, 0.3) is 0 Å². The summed E-state index contributed by atoms with van der Waals surface area (Å²) in [5.74, 6) is 1.18. The van der Waals surface area contributed by atoms with Crippen molar-refractivity contribution >= 4 is 14.1 Å². The Kier molecular flexibility index (Phi) is 10.1. The largest absolute Gasteiger partial charge is 0.413 e. The van der Waals surface area contributed by atoms with E-state index in [0.717, 1.165) is 19.3 Å². The molecule has 0 unspecified atom stereocenters. The Morgan fingerprint density at radius 3 is 2.08 bits per heavy atom. The molecular formula is C21H40O2Si. The number of carbonyl (C=O) groups is 1. The molecule has 2 atom stereocenters. The Hall–Kier alpha value is -0.673. The van der Waals surface area contributed by atoms with E-state index in [1.165, 1.54) is 0 Å². The first-order valence-electron chi connectivity index (χ1n) is 9.37. The molecule has 0 spiro atoms. The molecule has 0 aromatic heterocycles. The molecular weight excluding hydrogens is 312 g/mol. The number of ketones is 1. The summed E-state index contributed by atoms with van der Waals surface area (Å²) >= 11 is 0. The van der Waals surface area contributed by atoms with E-state index in [9.17, 15) is 4.79 Å². The van der Waals surface area contributed by atoms with E-state index in [1.807, 2.05) is 12.2 Å². The van der Waals surface area contributed by atoms with E-state index >= 15 is 0 Å². The van der Waals surface area contributed by atoms with Gasteiger partial charge in [0.05, 0.1) is 6.10 Å². The van der Waals surface area contributed by atoms with E-state index in [4.69, 9.17) is 4.43 Å². The van der Waals surface area contributed by atoms with E-state index < -0.39 is 8.32 Å². The summed E-state index contributed by atoms with van der Waals surface area (Å²) in [5.41, 5.74) is 0. The predicted molar refractivity (Wildman–Crippen MR) is 109 cm³/mol. The predicted octanol–water partition coefficient (Wildman–Crippen LogP) is 6.54. The quantitative estimate of drug-likeness (QED) is 0.294. The van der Waals surface area contributed by atoms with Crippen LogP contribution in [0.25, 0.3) is 0 Å². The van der Waals surface area contributed by atoms with Crippen LogP contribution < -0.4 is 0 Å². The van der Waals surface area contributed by atoms with Crippen LogP contribution in [-0.4, -0.2) is 20.2 Å². The molecule has 0 amide bonds. The van der Waals surface area contributed by atoms with Crippen LogP contribution in [0.4, 0.5) is 0 Å². The standard InChI is InChI=1S/C21H40O2Si/c1-10-12-14-18(22)16-20(19(17(3)4)15-13-11-2)23-24(8,9)21(5,6)7/h10-11,17,19-20H,1-2,12-16H2,3-9H3/t19-,20+/m1/s1. The Balaban J connectivity index is 5.35. The van der Waals surface area contributed by atoms with Gasteiger partial charge in [-0.3, -0.25) is 4.79 Å². The number of hydrogen-bond acceptors (Lipinski definition) is 2. The van der Waals surface area contributed by atoms with Gasteiger partial charge in [0.1, 0.15) is 5.78 Å². The molecule has 2 nitrogen and oxygen atoms in total. The Bertz CT molecular complexity index is 405. The molecule has 0 radical (unpaired) electrons. The molecule has 0 aliphatic carbocycles. The number of rotatable bonds is 12. The van der Waals surface area contributed by atoms with Crippen molar-refractivity contribution < 1.29 is 9.22 Å².